The maximum atomic E-state index is 6.10. The van der Waals surface area contributed by atoms with E-state index >= 15 is 0 Å². The van der Waals surface area contributed by atoms with Gasteiger partial charge in [0.05, 0.1) is 0 Å². The Bertz CT molecular complexity index is 783. The summed E-state index contributed by atoms with van der Waals surface area (Å²) >= 11 is 6.10. The number of hydrogen-bond donors (Lipinski definition) is 0. The van der Waals surface area contributed by atoms with Gasteiger partial charge in [-0.3, -0.25) is 0 Å². The van der Waals surface area contributed by atoms with E-state index in [0.29, 0.717) is 0 Å². The van der Waals surface area contributed by atoms with Crippen LogP contribution >= 0.6 is 11.6 Å². The maximum absolute atomic E-state index is 6.10. The molecule has 0 unspecified atom stereocenters. The highest BCUT2D eigenvalue weighted by molar-refractivity contribution is 6.31. The third kappa shape index (κ3) is 1.28. The van der Waals surface area contributed by atoms with Crippen LogP contribution < -0.4 is 0 Å². The summed E-state index contributed by atoms with van der Waals surface area (Å²) in [5.74, 6) is 0. The summed E-state index contributed by atoms with van der Waals surface area (Å²) in [6.45, 7) is 3.09. The monoisotopic (exact) mass is 253 g/mol. The van der Waals surface area contributed by atoms with Crippen LogP contribution in [0.4, 0.5) is 0 Å². The van der Waals surface area contributed by atoms with Crippen molar-refractivity contribution < 1.29 is 0 Å². The van der Waals surface area contributed by atoms with Gasteiger partial charge in [-0.2, -0.15) is 0 Å². The Morgan fingerprint density at radius 3 is 2.83 bits per heavy atom. The van der Waals surface area contributed by atoms with Crippen LogP contribution in [-0.2, 0) is 6.54 Å². The van der Waals surface area contributed by atoms with Gasteiger partial charge >= 0.3 is 0 Å². The van der Waals surface area contributed by atoms with Crippen molar-refractivity contribution >= 4 is 22.5 Å². The van der Waals surface area contributed by atoms with Crippen molar-refractivity contribution in [2.45, 2.75) is 13.5 Å². The first kappa shape index (κ1) is 10.2. The smallest absolute Gasteiger partial charge is 0.0498 e. The van der Waals surface area contributed by atoms with Crippen LogP contribution in [0.15, 0.2) is 42.5 Å². The highest BCUT2D eigenvalue weighted by Gasteiger charge is 2.20. The molecule has 1 aromatic heterocycles. The quantitative estimate of drug-likeness (QED) is 0.431. The van der Waals surface area contributed by atoms with Gasteiger partial charge in [0.25, 0.3) is 0 Å². The molecular formula is C16H12ClN. The number of rotatable bonds is 0. The third-order valence-electron chi connectivity index (χ3n) is 3.74. The fraction of sp³-hybridized carbons (Fsp3) is 0.125. The molecule has 0 bridgehead atoms. The molecule has 0 fully saturated rings. The van der Waals surface area contributed by atoms with E-state index in [1.165, 1.54) is 33.3 Å². The van der Waals surface area contributed by atoms with Crippen molar-refractivity contribution in [1.29, 1.82) is 0 Å². The number of benzene rings is 2. The summed E-state index contributed by atoms with van der Waals surface area (Å²) < 4.78 is 2.38. The molecule has 0 amide bonds. The molecule has 1 nitrogen and oxygen atoms in total. The molecule has 1 aliphatic rings. The van der Waals surface area contributed by atoms with E-state index in [9.17, 15) is 0 Å². The lowest BCUT2D eigenvalue weighted by Gasteiger charge is -2.01. The zero-order valence-corrected chi connectivity index (χ0v) is 10.8. The van der Waals surface area contributed by atoms with Crippen molar-refractivity contribution in [3.05, 3.63) is 58.6 Å². The summed E-state index contributed by atoms with van der Waals surface area (Å²) in [5, 5.41) is 2.12. The third-order valence-corrected chi connectivity index (χ3v) is 3.97. The Balaban J connectivity index is 2.06. The Morgan fingerprint density at radius 2 is 1.94 bits per heavy atom. The number of fused-ring (bicyclic) bond motifs is 5. The number of nitrogens with zero attached hydrogens (tertiary/aromatic N) is 1. The Labute approximate surface area is 111 Å². The van der Waals surface area contributed by atoms with Crippen LogP contribution in [0.1, 0.15) is 11.1 Å². The molecule has 2 heterocycles. The van der Waals surface area contributed by atoms with Crippen LogP contribution in [-0.4, -0.2) is 4.57 Å². The number of halogens is 1. The molecule has 0 N–H and O–H groups in total. The van der Waals surface area contributed by atoms with E-state index in [4.69, 9.17) is 11.6 Å². The van der Waals surface area contributed by atoms with Crippen LogP contribution in [0.3, 0.4) is 0 Å². The molecule has 0 saturated heterocycles. The summed E-state index contributed by atoms with van der Waals surface area (Å²) in [7, 11) is 0. The second kappa shape index (κ2) is 3.39. The first-order valence-corrected chi connectivity index (χ1v) is 6.49. The van der Waals surface area contributed by atoms with Gasteiger partial charge in [-0.1, -0.05) is 29.8 Å². The SMILES string of the molecule is Cc1ccc2cc3n(c2c1)Cc1ccc(Cl)cc1-3. The van der Waals surface area contributed by atoms with Gasteiger partial charge in [0, 0.05) is 33.7 Å². The zero-order chi connectivity index (χ0) is 12.3. The number of hydrogen-bond acceptors (Lipinski definition) is 0. The Morgan fingerprint density at radius 1 is 1.06 bits per heavy atom. The lowest BCUT2D eigenvalue weighted by Crippen LogP contribution is -1.92. The molecule has 3 aromatic rings. The minimum atomic E-state index is 0.809. The summed E-state index contributed by atoms with van der Waals surface area (Å²) in [6.07, 6.45) is 0. The van der Waals surface area contributed by atoms with Gasteiger partial charge in [0.1, 0.15) is 0 Å². The van der Waals surface area contributed by atoms with E-state index < -0.39 is 0 Å². The molecule has 4 rings (SSSR count). The normalized spacial score (nSPS) is 12.8. The average molecular weight is 254 g/mol. The average Bonchev–Trinajstić information content (AvgIpc) is 2.86. The molecule has 2 heteroatoms. The topological polar surface area (TPSA) is 4.93 Å². The molecule has 0 aliphatic carbocycles. The molecule has 2 aromatic carbocycles. The highest BCUT2D eigenvalue weighted by atomic mass is 35.5. The summed E-state index contributed by atoms with van der Waals surface area (Å²) in [4.78, 5) is 0. The van der Waals surface area contributed by atoms with Gasteiger partial charge in [-0.05, 0) is 42.3 Å². The fourth-order valence-corrected chi connectivity index (χ4v) is 3.03. The van der Waals surface area contributed by atoms with E-state index in [2.05, 4.69) is 47.9 Å². The zero-order valence-electron chi connectivity index (χ0n) is 10.1. The van der Waals surface area contributed by atoms with Crippen LogP contribution in [0.25, 0.3) is 22.2 Å². The molecule has 0 saturated carbocycles. The Kier molecular flexibility index (Phi) is 1.93. The first-order chi connectivity index (χ1) is 8.72. The lowest BCUT2D eigenvalue weighted by atomic mass is 10.1. The van der Waals surface area contributed by atoms with Crippen molar-refractivity contribution in [2.75, 3.05) is 0 Å². The van der Waals surface area contributed by atoms with Gasteiger partial charge in [-0.15, -0.1) is 0 Å². The maximum Gasteiger partial charge on any atom is 0.0498 e. The molecule has 1 aliphatic heterocycles. The van der Waals surface area contributed by atoms with Gasteiger partial charge in [0.15, 0.2) is 0 Å². The van der Waals surface area contributed by atoms with E-state index in [-0.39, 0.29) is 0 Å². The van der Waals surface area contributed by atoms with E-state index in [1.807, 2.05) is 6.07 Å². The Hall–Kier alpha value is -1.73. The van der Waals surface area contributed by atoms with Crippen LogP contribution in [0.2, 0.25) is 5.02 Å². The molecule has 18 heavy (non-hydrogen) atoms. The molecule has 0 radical (unpaired) electrons. The van der Waals surface area contributed by atoms with E-state index in [1.54, 1.807) is 0 Å². The summed E-state index contributed by atoms with van der Waals surface area (Å²) in [5.41, 5.74) is 6.54. The number of aromatic nitrogens is 1. The van der Waals surface area contributed by atoms with Gasteiger partial charge < -0.3 is 4.57 Å². The van der Waals surface area contributed by atoms with Crippen molar-refractivity contribution in [3.63, 3.8) is 0 Å². The largest absolute Gasteiger partial charge is 0.336 e. The predicted molar refractivity (Wildman–Crippen MR) is 76.2 cm³/mol. The van der Waals surface area contributed by atoms with Crippen molar-refractivity contribution in [3.8, 4) is 11.3 Å². The van der Waals surface area contributed by atoms with Crippen molar-refractivity contribution in [1.82, 2.24) is 4.57 Å². The lowest BCUT2D eigenvalue weighted by molar-refractivity contribution is 0.886. The molecule has 88 valence electrons. The minimum Gasteiger partial charge on any atom is -0.336 e. The van der Waals surface area contributed by atoms with Crippen molar-refractivity contribution in [2.24, 2.45) is 0 Å². The van der Waals surface area contributed by atoms with Gasteiger partial charge in [0.2, 0.25) is 0 Å². The molecular weight excluding hydrogens is 242 g/mol. The standard InChI is InChI=1S/C16H12ClN/c1-10-2-3-11-7-16-14-8-13(17)5-4-12(14)9-18(16)15(11)6-10/h2-8H,9H2,1H3. The van der Waals surface area contributed by atoms with Crippen LogP contribution in [0, 0.1) is 6.92 Å². The highest BCUT2D eigenvalue weighted by Crippen LogP contribution is 2.38. The second-order valence-corrected chi connectivity index (χ2v) is 5.42. The first-order valence-electron chi connectivity index (χ1n) is 6.11. The molecule has 0 atom stereocenters. The molecule has 0 spiro atoms. The number of aryl methyl sites for hydroxylation is 1. The predicted octanol–water partition coefficient (Wildman–Crippen LogP) is 4.63. The minimum absolute atomic E-state index is 0.809. The van der Waals surface area contributed by atoms with E-state index in [0.717, 1.165) is 11.6 Å². The van der Waals surface area contributed by atoms with Gasteiger partial charge in [-0.25, -0.2) is 0 Å². The van der Waals surface area contributed by atoms with Crippen LogP contribution in [0.5, 0.6) is 0 Å². The second-order valence-electron chi connectivity index (χ2n) is 4.98. The fourth-order valence-electron chi connectivity index (χ4n) is 2.85. The summed E-state index contributed by atoms with van der Waals surface area (Å²) in [6, 6.07) is 15.1.